The van der Waals surface area contributed by atoms with Crippen LogP contribution in [-0.2, 0) is 9.59 Å². The molecule has 0 rings (SSSR count). The van der Waals surface area contributed by atoms with Gasteiger partial charge in [-0.1, -0.05) is 6.92 Å². The van der Waals surface area contributed by atoms with Gasteiger partial charge in [0.2, 0.25) is 11.8 Å². The van der Waals surface area contributed by atoms with Crippen LogP contribution in [0.15, 0.2) is 0 Å². The molecule has 0 aromatic rings. The number of rotatable bonds is 5. The second-order valence-electron chi connectivity index (χ2n) is 3.08. The first kappa shape index (κ1) is 11.9. The van der Waals surface area contributed by atoms with Crippen LogP contribution in [0.3, 0.4) is 0 Å². The Kier molecular flexibility index (Phi) is 5.93. The topological polar surface area (TPSA) is 58.2 Å². The van der Waals surface area contributed by atoms with Crippen molar-refractivity contribution in [2.45, 2.75) is 39.7 Å². The molecule has 4 nitrogen and oxygen atoms in total. The Bertz CT molecular complexity index is 180. The summed E-state index contributed by atoms with van der Waals surface area (Å²) in [6.07, 6.45) is 1.68. The molecular weight excluding hydrogens is 168 g/mol. The average Bonchev–Trinajstić information content (AvgIpc) is 2.01. The van der Waals surface area contributed by atoms with Crippen molar-refractivity contribution in [1.29, 1.82) is 0 Å². The van der Waals surface area contributed by atoms with Crippen molar-refractivity contribution in [1.82, 2.24) is 10.6 Å². The first-order valence-corrected chi connectivity index (χ1v) is 4.57. The summed E-state index contributed by atoms with van der Waals surface area (Å²) in [7, 11) is 0. The molecule has 1 atom stereocenters. The van der Waals surface area contributed by atoms with Gasteiger partial charge in [-0.05, 0) is 12.8 Å². The van der Waals surface area contributed by atoms with Crippen LogP contribution >= 0.6 is 0 Å². The summed E-state index contributed by atoms with van der Waals surface area (Å²) in [6, 6.07) is 0.171. The molecule has 0 bridgehead atoms. The third-order valence-corrected chi connectivity index (χ3v) is 1.77. The summed E-state index contributed by atoms with van der Waals surface area (Å²) in [5, 5.41) is 5.51. The van der Waals surface area contributed by atoms with Gasteiger partial charge in [0.05, 0.1) is 0 Å². The Labute approximate surface area is 79.1 Å². The molecule has 76 valence electrons. The van der Waals surface area contributed by atoms with Crippen molar-refractivity contribution >= 4 is 11.8 Å². The predicted octanol–water partition coefficient (Wildman–Crippen LogP) is 0.427. The third-order valence-electron chi connectivity index (χ3n) is 1.77. The van der Waals surface area contributed by atoms with Crippen LogP contribution in [0.1, 0.15) is 33.6 Å². The van der Waals surface area contributed by atoms with Gasteiger partial charge >= 0.3 is 0 Å². The normalized spacial score (nSPS) is 11.9. The smallest absolute Gasteiger partial charge is 0.217 e. The summed E-state index contributed by atoms with van der Waals surface area (Å²) in [5.74, 6) is -0.0487. The Morgan fingerprint density at radius 2 is 1.85 bits per heavy atom. The van der Waals surface area contributed by atoms with E-state index in [1.165, 1.54) is 13.8 Å². The molecule has 0 spiro atoms. The molecule has 1 unspecified atom stereocenters. The summed E-state index contributed by atoms with van der Waals surface area (Å²) in [6.45, 7) is 5.61. The minimum absolute atomic E-state index is 0.0188. The lowest BCUT2D eigenvalue weighted by Gasteiger charge is -2.15. The first-order chi connectivity index (χ1) is 6.06. The van der Waals surface area contributed by atoms with Crippen LogP contribution in [0.5, 0.6) is 0 Å². The van der Waals surface area contributed by atoms with Crippen LogP contribution in [0, 0.1) is 0 Å². The zero-order valence-corrected chi connectivity index (χ0v) is 8.52. The fourth-order valence-electron chi connectivity index (χ4n) is 1.09. The zero-order valence-electron chi connectivity index (χ0n) is 8.52. The molecule has 0 fully saturated rings. The van der Waals surface area contributed by atoms with Crippen molar-refractivity contribution in [2.75, 3.05) is 6.54 Å². The zero-order chi connectivity index (χ0) is 10.3. The number of amides is 2. The minimum Gasteiger partial charge on any atom is -0.356 e. The lowest BCUT2D eigenvalue weighted by molar-refractivity contribution is -0.119. The summed E-state index contributed by atoms with van der Waals surface area (Å²) >= 11 is 0. The molecule has 2 amide bonds. The molecule has 0 saturated heterocycles. The lowest BCUT2D eigenvalue weighted by atomic mass is 10.1. The molecule has 4 heteroatoms. The summed E-state index contributed by atoms with van der Waals surface area (Å²) in [4.78, 5) is 21.2. The molecule has 0 heterocycles. The number of carbonyl (C=O) groups excluding carboxylic acids is 2. The van der Waals surface area contributed by atoms with Gasteiger partial charge in [0.25, 0.3) is 0 Å². The molecule has 13 heavy (non-hydrogen) atoms. The van der Waals surface area contributed by atoms with Crippen LogP contribution < -0.4 is 10.6 Å². The van der Waals surface area contributed by atoms with Crippen LogP contribution in [0.2, 0.25) is 0 Å². The molecule has 0 aromatic heterocycles. The summed E-state index contributed by atoms with van der Waals surface area (Å²) in [5.41, 5.74) is 0. The van der Waals surface area contributed by atoms with Gasteiger partial charge in [0, 0.05) is 26.4 Å². The lowest BCUT2D eigenvalue weighted by Crippen LogP contribution is -2.35. The van der Waals surface area contributed by atoms with Crippen molar-refractivity contribution < 1.29 is 9.59 Å². The van der Waals surface area contributed by atoms with Crippen LogP contribution in [0.25, 0.3) is 0 Å². The largest absolute Gasteiger partial charge is 0.356 e. The molecule has 0 aromatic carbocycles. The highest BCUT2D eigenvalue weighted by Crippen LogP contribution is 1.95. The van der Waals surface area contributed by atoms with E-state index in [0.29, 0.717) is 6.54 Å². The van der Waals surface area contributed by atoms with Gasteiger partial charge in [-0.2, -0.15) is 0 Å². The maximum absolute atomic E-state index is 10.7. The first-order valence-electron chi connectivity index (χ1n) is 4.57. The number of nitrogens with one attached hydrogen (secondary N) is 2. The fourth-order valence-corrected chi connectivity index (χ4v) is 1.09. The highest BCUT2D eigenvalue weighted by atomic mass is 16.2. The highest BCUT2D eigenvalue weighted by Gasteiger charge is 2.06. The molecule has 0 aliphatic carbocycles. The molecule has 0 aliphatic heterocycles. The van der Waals surface area contributed by atoms with Gasteiger partial charge in [-0.15, -0.1) is 0 Å². The summed E-state index contributed by atoms with van der Waals surface area (Å²) < 4.78 is 0. The molecular formula is C9H18N2O2. The van der Waals surface area contributed by atoms with E-state index >= 15 is 0 Å². The number of carbonyl (C=O) groups is 2. The van der Waals surface area contributed by atoms with E-state index in [0.717, 1.165) is 12.8 Å². The van der Waals surface area contributed by atoms with Gasteiger partial charge in [-0.25, -0.2) is 0 Å². The highest BCUT2D eigenvalue weighted by molar-refractivity contribution is 5.73. The van der Waals surface area contributed by atoms with E-state index in [9.17, 15) is 9.59 Å². The maximum Gasteiger partial charge on any atom is 0.217 e. The fraction of sp³-hybridized carbons (Fsp3) is 0.778. The molecule has 0 aliphatic rings. The monoisotopic (exact) mass is 186 g/mol. The Morgan fingerprint density at radius 1 is 1.23 bits per heavy atom. The van der Waals surface area contributed by atoms with Gasteiger partial charge < -0.3 is 10.6 Å². The van der Waals surface area contributed by atoms with E-state index < -0.39 is 0 Å². The second kappa shape index (κ2) is 6.46. The predicted molar refractivity (Wildman–Crippen MR) is 51.2 cm³/mol. The van der Waals surface area contributed by atoms with Crippen molar-refractivity contribution in [2.24, 2.45) is 0 Å². The van der Waals surface area contributed by atoms with Crippen molar-refractivity contribution in [3.05, 3.63) is 0 Å². The van der Waals surface area contributed by atoms with Crippen LogP contribution in [-0.4, -0.2) is 24.4 Å². The average molecular weight is 186 g/mol. The van der Waals surface area contributed by atoms with Crippen molar-refractivity contribution in [3.63, 3.8) is 0 Å². The van der Waals surface area contributed by atoms with E-state index in [1.807, 2.05) is 6.92 Å². The van der Waals surface area contributed by atoms with E-state index in [4.69, 9.17) is 0 Å². The molecule has 0 saturated carbocycles. The quantitative estimate of drug-likeness (QED) is 0.654. The van der Waals surface area contributed by atoms with E-state index in [-0.39, 0.29) is 17.9 Å². The van der Waals surface area contributed by atoms with Gasteiger partial charge in [-0.3, -0.25) is 9.59 Å². The standard InChI is InChI=1S/C9H18N2O2/c1-4-9(11-8(3)13)5-6-10-7(2)12/h9H,4-6H2,1-3H3,(H,10,12)(H,11,13). The van der Waals surface area contributed by atoms with Gasteiger partial charge in [0.1, 0.15) is 0 Å². The molecule has 0 radical (unpaired) electrons. The third kappa shape index (κ3) is 7.31. The Balaban J connectivity index is 3.59. The number of hydrogen-bond acceptors (Lipinski definition) is 2. The maximum atomic E-state index is 10.7. The second-order valence-corrected chi connectivity index (χ2v) is 3.08. The Hall–Kier alpha value is -1.06. The van der Waals surface area contributed by atoms with E-state index in [1.54, 1.807) is 0 Å². The Morgan fingerprint density at radius 3 is 2.23 bits per heavy atom. The van der Waals surface area contributed by atoms with Crippen LogP contribution in [0.4, 0.5) is 0 Å². The molecule has 2 N–H and O–H groups in total. The minimum atomic E-state index is -0.0299. The SMILES string of the molecule is CCC(CCNC(C)=O)NC(C)=O. The van der Waals surface area contributed by atoms with E-state index in [2.05, 4.69) is 10.6 Å². The number of hydrogen-bond donors (Lipinski definition) is 2. The van der Waals surface area contributed by atoms with Gasteiger partial charge in [0.15, 0.2) is 0 Å². The van der Waals surface area contributed by atoms with Crippen molar-refractivity contribution in [3.8, 4) is 0 Å².